The summed E-state index contributed by atoms with van der Waals surface area (Å²) in [6, 6.07) is 19.0. The van der Waals surface area contributed by atoms with Gasteiger partial charge >= 0.3 is 11.9 Å². The molecule has 2 rings (SSSR count). The molecular weight excluding hydrogens is 372 g/mol. The van der Waals surface area contributed by atoms with E-state index in [0.29, 0.717) is 0 Å². The quantitative estimate of drug-likeness (QED) is 0.427. The molecule has 2 atom stereocenters. The van der Waals surface area contributed by atoms with Crippen LogP contribution in [0.3, 0.4) is 0 Å². The summed E-state index contributed by atoms with van der Waals surface area (Å²) >= 11 is 0. The lowest BCUT2D eigenvalue weighted by Gasteiger charge is -2.23. The Labute approximate surface area is 171 Å². The van der Waals surface area contributed by atoms with Crippen LogP contribution < -0.4 is 0 Å². The van der Waals surface area contributed by atoms with E-state index in [9.17, 15) is 9.59 Å². The first-order valence-electron chi connectivity index (χ1n) is 9.38. The number of hydrogen-bond acceptors (Lipinski definition) is 6. The van der Waals surface area contributed by atoms with Gasteiger partial charge in [0.25, 0.3) is 0 Å². The SMILES string of the molecule is CCOC(=O)/C=C\[C@H](OCc1ccccc1)[C@@H](OCc1ccccc1)C(=O)OC. The Hall–Kier alpha value is -2.96. The average molecular weight is 398 g/mol. The molecule has 0 heterocycles. The first-order chi connectivity index (χ1) is 14.1. The molecule has 29 heavy (non-hydrogen) atoms. The lowest BCUT2D eigenvalue weighted by Crippen LogP contribution is -2.38. The summed E-state index contributed by atoms with van der Waals surface area (Å²) in [5, 5.41) is 0. The third-order valence-electron chi connectivity index (χ3n) is 4.00. The molecule has 0 aromatic heterocycles. The maximum absolute atomic E-state index is 12.4. The van der Waals surface area contributed by atoms with Crippen molar-refractivity contribution in [2.75, 3.05) is 13.7 Å². The Bertz CT molecular complexity index is 772. The molecule has 0 aliphatic rings. The van der Waals surface area contributed by atoms with Gasteiger partial charge in [-0.05, 0) is 24.1 Å². The molecule has 2 aromatic carbocycles. The Kier molecular flexibility index (Phi) is 9.62. The third kappa shape index (κ3) is 7.89. The van der Waals surface area contributed by atoms with E-state index < -0.39 is 24.1 Å². The molecule has 0 saturated carbocycles. The van der Waals surface area contributed by atoms with Crippen LogP contribution >= 0.6 is 0 Å². The van der Waals surface area contributed by atoms with Crippen LogP contribution in [-0.2, 0) is 41.8 Å². The topological polar surface area (TPSA) is 71.1 Å². The minimum Gasteiger partial charge on any atom is -0.467 e. The monoisotopic (exact) mass is 398 g/mol. The second kappa shape index (κ2) is 12.5. The number of esters is 2. The maximum Gasteiger partial charge on any atom is 0.338 e. The number of benzene rings is 2. The number of hydrogen-bond donors (Lipinski definition) is 0. The molecule has 0 N–H and O–H groups in total. The minimum atomic E-state index is -1.05. The summed E-state index contributed by atoms with van der Waals surface area (Å²) in [5.74, 6) is -1.11. The second-order valence-corrected chi connectivity index (χ2v) is 6.11. The molecule has 0 bridgehead atoms. The first-order valence-corrected chi connectivity index (χ1v) is 9.38. The molecule has 0 spiro atoms. The van der Waals surface area contributed by atoms with Gasteiger partial charge in [-0.15, -0.1) is 0 Å². The van der Waals surface area contributed by atoms with Gasteiger partial charge in [-0.25, -0.2) is 9.59 Å². The van der Waals surface area contributed by atoms with Crippen LogP contribution in [0.5, 0.6) is 0 Å². The van der Waals surface area contributed by atoms with Crippen molar-refractivity contribution < 1.29 is 28.5 Å². The van der Waals surface area contributed by atoms with Crippen molar-refractivity contribution in [2.45, 2.75) is 32.3 Å². The lowest BCUT2D eigenvalue weighted by atomic mass is 10.1. The van der Waals surface area contributed by atoms with Crippen molar-refractivity contribution in [3.05, 3.63) is 83.9 Å². The van der Waals surface area contributed by atoms with E-state index in [1.54, 1.807) is 6.92 Å². The normalized spacial score (nSPS) is 13.0. The lowest BCUT2D eigenvalue weighted by molar-refractivity contribution is -0.164. The van der Waals surface area contributed by atoms with Crippen molar-refractivity contribution in [1.82, 2.24) is 0 Å². The average Bonchev–Trinajstić information content (AvgIpc) is 2.76. The van der Waals surface area contributed by atoms with E-state index in [1.807, 2.05) is 60.7 Å². The summed E-state index contributed by atoms with van der Waals surface area (Å²) in [5.41, 5.74) is 1.83. The summed E-state index contributed by atoms with van der Waals surface area (Å²) in [6.45, 7) is 2.40. The Morgan fingerprint density at radius 3 is 1.97 bits per heavy atom. The molecule has 0 unspecified atom stereocenters. The fourth-order valence-corrected chi connectivity index (χ4v) is 2.55. The largest absolute Gasteiger partial charge is 0.467 e. The zero-order chi connectivity index (χ0) is 20.9. The summed E-state index contributed by atoms with van der Waals surface area (Å²) < 4.78 is 21.5. The summed E-state index contributed by atoms with van der Waals surface area (Å²) in [4.78, 5) is 24.1. The van der Waals surface area contributed by atoms with Gasteiger partial charge < -0.3 is 18.9 Å². The highest BCUT2D eigenvalue weighted by molar-refractivity contribution is 5.82. The predicted octanol–water partition coefficient (Wildman–Crippen LogP) is 3.45. The smallest absolute Gasteiger partial charge is 0.338 e. The Morgan fingerprint density at radius 2 is 1.45 bits per heavy atom. The fraction of sp³-hybridized carbons (Fsp3) is 0.304. The van der Waals surface area contributed by atoms with Crippen molar-refractivity contribution in [1.29, 1.82) is 0 Å². The molecule has 0 amide bonds. The van der Waals surface area contributed by atoms with Gasteiger partial charge in [-0.3, -0.25) is 0 Å². The van der Waals surface area contributed by atoms with E-state index in [-0.39, 0.29) is 19.8 Å². The molecule has 2 aromatic rings. The summed E-state index contributed by atoms with van der Waals surface area (Å²) in [6.07, 6.45) is 0.819. The van der Waals surface area contributed by atoms with E-state index >= 15 is 0 Å². The number of rotatable bonds is 11. The minimum absolute atomic E-state index is 0.194. The molecule has 6 heteroatoms. The Morgan fingerprint density at radius 1 is 0.897 bits per heavy atom. The highest BCUT2D eigenvalue weighted by Crippen LogP contribution is 2.15. The third-order valence-corrected chi connectivity index (χ3v) is 4.00. The van der Waals surface area contributed by atoms with Gasteiger partial charge in [0.05, 0.1) is 26.9 Å². The highest BCUT2D eigenvalue weighted by Gasteiger charge is 2.30. The van der Waals surface area contributed by atoms with Gasteiger partial charge in [0, 0.05) is 6.08 Å². The molecule has 0 radical (unpaired) electrons. The van der Waals surface area contributed by atoms with Crippen molar-refractivity contribution in [3.63, 3.8) is 0 Å². The highest BCUT2D eigenvalue weighted by atomic mass is 16.6. The van der Waals surface area contributed by atoms with Gasteiger partial charge in [0.2, 0.25) is 0 Å². The molecule has 0 aliphatic heterocycles. The number of ether oxygens (including phenoxy) is 4. The van der Waals surface area contributed by atoms with Crippen molar-refractivity contribution in [3.8, 4) is 0 Å². The Balaban J connectivity index is 2.16. The van der Waals surface area contributed by atoms with E-state index in [0.717, 1.165) is 11.1 Å². The maximum atomic E-state index is 12.4. The second-order valence-electron chi connectivity index (χ2n) is 6.11. The molecule has 0 fully saturated rings. The van der Waals surface area contributed by atoms with Crippen LogP contribution in [-0.4, -0.2) is 37.9 Å². The standard InChI is InChI=1S/C23H26O6/c1-3-27-21(24)15-14-20(28-16-18-10-6-4-7-11-18)22(23(25)26-2)29-17-19-12-8-5-9-13-19/h4-15,20,22H,3,16-17H2,1-2H3/b15-14-/t20-,22+/m0/s1. The van der Waals surface area contributed by atoms with E-state index in [1.165, 1.54) is 19.3 Å². The van der Waals surface area contributed by atoms with Crippen LogP contribution in [0.25, 0.3) is 0 Å². The van der Waals surface area contributed by atoms with Crippen molar-refractivity contribution in [2.24, 2.45) is 0 Å². The van der Waals surface area contributed by atoms with Gasteiger partial charge in [0.15, 0.2) is 6.10 Å². The fourth-order valence-electron chi connectivity index (χ4n) is 2.55. The summed E-state index contributed by atoms with van der Waals surface area (Å²) in [7, 11) is 1.28. The van der Waals surface area contributed by atoms with Gasteiger partial charge in [-0.2, -0.15) is 0 Å². The molecule has 0 aliphatic carbocycles. The zero-order valence-electron chi connectivity index (χ0n) is 16.7. The van der Waals surface area contributed by atoms with Crippen LogP contribution in [0.15, 0.2) is 72.8 Å². The first kappa shape index (κ1) is 22.3. The van der Waals surface area contributed by atoms with Gasteiger partial charge in [0.1, 0.15) is 6.10 Å². The number of methoxy groups -OCH3 is 1. The molecule has 0 saturated heterocycles. The van der Waals surface area contributed by atoms with Crippen LogP contribution in [0.2, 0.25) is 0 Å². The van der Waals surface area contributed by atoms with Gasteiger partial charge in [-0.1, -0.05) is 60.7 Å². The van der Waals surface area contributed by atoms with E-state index in [2.05, 4.69) is 0 Å². The zero-order valence-corrected chi connectivity index (χ0v) is 16.7. The van der Waals surface area contributed by atoms with E-state index in [4.69, 9.17) is 18.9 Å². The van der Waals surface area contributed by atoms with Crippen LogP contribution in [0.4, 0.5) is 0 Å². The molecular formula is C23H26O6. The molecule has 154 valence electrons. The molecule has 6 nitrogen and oxygen atoms in total. The van der Waals surface area contributed by atoms with Crippen LogP contribution in [0.1, 0.15) is 18.1 Å². The number of carbonyl (C=O) groups is 2. The number of carbonyl (C=O) groups excluding carboxylic acids is 2. The van der Waals surface area contributed by atoms with Crippen molar-refractivity contribution >= 4 is 11.9 Å². The van der Waals surface area contributed by atoms with Crippen LogP contribution in [0, 0.1) is 0 Å². The predicted molar refractivity (Wildman–Crippen MR) is 108 cm³/mol.